The SMILES string of the molecule is COc1ccc(-n2c(-c3ccccc3)cc(-c3ccccc3)c2-c2ccc(C)cc2)cc1. The second kappa shape index (κ2) is 8.60. The summed E-state index contributed by atoms with van der Waals surface area (Å²) in [5.41, 5.74) is 9.47. The van der Waals surface area contributed by atoms with Gasteiger partial charge in [-0.1, -0.05) is 90.5 Å². The first-order valence-electron chi connectivity index (χ1n) is 10.8. The molecule has 1 aromatic heterocycles. The molecule has 32 heavy (non-hydrogen) atoms. The molecule has 0 spiro atoms. The van der Waals surface area contributed by atoms with Crippen LogP contribution in [0.2, 0.25) is 0 Å². The van der Waals surface area contributed by atoms with Gasteiger partial charge < -0.3 is 9.30 Å². The number of ether oxygens (including phenoxy) is 1. The van der Waals surface area contributed by atoms with Gasteiger partial charge >= 0.3 is 0 Å². The Morgan fingerprint density at radius 3 is 1.78 bits per heavy atom. The van der Waals surface area contributed by atoms with Gasteiger partial charge in [0.15, 0.2) is 0 Å². The third-order valence-electron chi connectivity index (χ3n) is 5.81. The van der Waals surface area contributed by atoms with Gasteiger partial charge in [-0.05, 0) is 53.9 Å². The van der Waals surface area contributed by atoms with Crippen LogP contribution < -0.4 is 4.74 Å². The lowest BCUT2D eigenvalue weighted by atomic mass is 10.0. The van der Waals surface area contributed by atoms with E-state index >= 15 is 0 Å². The van der Waals surface area contributed by atoms with E-state index in [0.717, 1.165) is 17.1 Å². The zero-order valence-corrected chi connectivity index (χ0v) is 18.3. The highest BCUT2D eigenvalue weighted by molar-refractivity contribution is 5.88. The Bertz CT molecular complexity index is 1320. The smallest absolute Gasteiger partial charge is 0.119 e. The van der Waals surface area contributed by atoms with Crippen LogP contribution in [-0.4, -0.2) is 11.7 Å². The molecule has 0 aliphatic heterocycles. The zero-order valence-electron chi connectivity index (χ0n) is 18.3. The van der Waals surface area contributed by atoms with Crippen molar-refractivity contribution in [3.05, 3.63) is 121 Å². The van der Waals surface area contributed by atoms with Crippen molar-refractivity contribution in [2.75, 3.05) is 7.11 Å². The van der Waals surface area contributed by atoms with Crippen LogP contribution in [0.3, 0.4) is 0 Å². The maximum atomic E-state index is 5.41. The monoisotopic (exact) mass is 415 g/mol. The number of aromatic nitrogens is 1. The maximum absolute atomic E-state index is 5.41. The molecule has 5 aromatic rings. The summed E-state index contributed by atoms with van der Waals surface area (Å²) in [5, 5.41) is 0. The number of hydrogen-bond donors (Lipinski definition) is 0. The highest BCUT2D eigenvalue weighted by Crippen LogP contribution is 2.41. The van der Waals surface area contributed by atoms with E-state index < -0.39 is 0 Å². The molecule has 0 amide bonds. The standard InChI is InChI=1S/C30H25NO/c1-22-13-15-25(16-14-22)30-28(23-9-5-3-6-10-23)21-29(24-11-7-4-8-12-24)31(30)26-17-19-27(32-2)20-18-26/h3-21H,1-2H3. The van der Waals surface area contributed by atoms with E-state index in [-0.39, 0.29) is 0 Å². The molecule has 0 bridgehead atoms. The average Bonchev–Trinajstić information content (AvgIpc) is 3.26. The van der Waals surface area contributed by atoms with E-state index in [1.165, 1.54) is 33.5 Å². The van der Waals surface area contributed by atoms with Crippen LogP contribution in [0, 0.1) is 6.92 Å². The van der Waals surface area contributed by atoms with Crippen molar-refractivity contribution in [2.45, 2.75) is 6.92 Å². The third kappa shape index (κ3) is 3.72. The molecular weight excluding hydrogens is 390 g/mol. The summed E-state index contributed by atoms with van der Waals surface area (Å²) < 4.78 is 7.78. The summed E-state index contributed by atoms with van der Waals surface area (Å²) in [6, 6.07) is 40.6. The fourth-order valence-electron chi connectivity index (χ4n) is 4.17. The molecule has 0 aliphatic carbocycles. The van der Waals surface area contributed by atoms with Gasteiger partial charge in [0.25, 0.3) is 0 Å². The predicted molar refractivity (Wildman–Crippen MR) is 133 cm³/mol. The highest BCUT2D eigenvalue weighted by Gasteiger charge is 2.20. The summed E-state index contributed by atoms with van der Waals surface area (Å²) in [6.45, 7) is 2.12. The summed E-state index contributed by atoms with van der Waals surface area (Å²) >= 11 is 0. The summed E-state index contributed by atoms with van der Waals surface area (Å²) in [6.07, 6.45) is 0. The van der Waals surface area contributed by atoms with Gasteiger partial charge in [-0.3, -0.25) is 0 Å². The van der Waals surface area contributed by atoms with Crippen molar-refractivity contribution >= 4 is 0 Å². The van der Waals surface area contributed by atoms with Crippen molar-refractivity contribution in [2.24, 2.45) is 0 Å². The van der Waals surface area contributed by atoms with Crippen LogP contribution in [0.4, 0.5) is 0 Å². The Morgan fingerprint density at radius 1 is 0.594 bits per heavy atom. The van der Waals surface area contributed by atoms with Crippen LogP contribution in [-0.2, 0) is 0 Å². The van der Waals surface area contributed by atoms with Crippen LogP contribution >= 0.6 is 0 Å². The lowest BCUT2D eigenvalue weighted by molar-refractivity contribution is 0.415. The average molecular weight is 416 g/mol. The molecular formula is C30H25NO. The fourth-order valence-corrected chi connectivity index (χ4v) is 4.17. The first-order valence-corrected chi connectivity index (χ1v) is 10.8. The van der Waals surface area contributed by atoms with Gasteiger partial charge in [-0.25, -0.2) is 0 Å². The Hall–Kier alpha value is -4.04. The highest BCUT2D eigenvalue weighted by atomic mass is 16.5. The Morgan fingerprint density at radius 2 is 1.19 bits per heavy atom. The molecule has 0 aliphatic rings. The topological polar surface area (TPSA) is 14.2 Å². The van der Waals surface area contributed by atoms with Gasteiger partial charge in [0.1, 0.15) is 5.75 Å². The second-order valence-corrected chi connectivity index (χ2v) is 7.92. The van der Waals surface area contributed by atoms with Gasteiger partial charge in [-0.2, -0.15) is 0 Å². The predicted octanol–water partition coefficient (Wildman–Crippen LogP) is 7.80. The molecule has 5 rings (SSSR count). The largest absolute Gasteiger partial charge is 0.497 e. The summed E-state index contributed by atoms with van der Waals surface area (Å²) in [7, 11) is 1.70. The molecule has 0 unspecified atom stereocenters. The minimum atomic E-state index is 0.849. The Labute approximate surface area is 189 Å². The first kappa shape index (κ1) is 19.9. The van der Waals surface area contributed by atoms with Gasteiger partial charge in [0, 0.05) is 11.3 Å². The van der Waals surface area contributed by atoms with E-state index in [9.17, 15) is 0 Å². The molecule has 0 saturated carbocycles. The second-order valence-electron chi connectivity index (χ2n) is 7.92. The number of hydrogen-bond acceptors (Lipinski definition) is 1. The lowest BCUT2D eigenvalue weighted by Gasteiger charge is -2.16. The lowest BCUT2D eigenvalue weighted by Crippen LogP contribution is -2.00. The Kier molecular flexibility index (Phi) is 5.35. The molecule has 0 saturated heterocycles. The Balaban J connectivity index is 1.85. The van der Waals surface area contributed by atoms with Crippen molar-refractivity contribution < 1.29 is 4.74 Å². The van der Waals surface area contributed by atoms with E-state index in [1.54, 1.807) is 7.11 Å². The molecule has 0 N–H and O–H groups in total. The normalized spacial score (nSPS) is 10.8. The minimum absolute atomic E-state index is 0.849. The zero-order chi connectivity index (χ0) is 21.9. The van der Waals surface area contributed by atoms with E-state index in [2.05, 4.69) is 115 Å². The van der Waals surface area contributed by atoms with E-state index in [0.29, 0.717) is 0 Å². The van der Waals surface area contributed by atoms with Crippen molar-refractivity contribution in [1.82, 2.24) is 4.57 Å². The van der Waals surface area contributed by atoms with Crippen molar-refractivity contribution in [3.8, 4) is 45.1 Å². The fraction of sp³-hybridized carbons (Fsp3) is 0.0667. The molecule has 1 heterocycles. The maximum Gasteiger partial charge on any atom is 0.119 e. The van der Waals surface area contributed by atoms with E-state index in [1.807, 2.05) is 12.1 Å². The van der Waals surface area contributed by atoms with Crippen molar-refractivity contribution in [1.29, 1.82) is 0 Å². The van der Waals surface area contributed by atoms with Crippen molar-refractivity contribution in [3.63, 3.8) is 0 Å². The molecule has 0 radical (unpaired) electrons. The van der Waals surface area contributed by atoms with Gasteiger partial charge in [0.2, 0.25) is 0 Å². The third-order valence-corrected chi connectivity index (χ3v) is 5.81. The number of methoxy groups -OCH3 is 1. The first-order chi connectivity index (χ1) is 15.7. The molecule has 4 aromatic carbocycles. The van der Waals surface area contributed by atoms with Gasteiger partial charge in [-0.15, -0.1) is 0 Å². The molecule has 0 atom stereocenters. The number of nitrogens with zero attached hydrogens (tertiary/aromatic N) is 1. The quantitative estimate of drug-likeness (QED) is 0.286. The van der Waals surface area contributed by atoms with Crippen LogP contribution in [0.15, 0.2) is 115 Å². The number of rotatable bonds is 5. The molecule has 2 nitrogen and oxygen atoms in total. The summed E-state index contributed by atoms with van der Waals surface area (Å²) in [4.78, 5) is 0. The van der Waals surface area contributed by atoms with Gasteiger partial charge in [0.05, 0.1) is 18.5 Å². The van der Waals surface area contributed by atoms with Crippen LogP contribution in [0.1, 0.15) is 5.56 Å². The number of benzene rings is 4. The molecule has 0 fully saturated rings. The number of aryl methyl sites for hydroxylation is 1. The van der Waals surface area contributed by atoms with E-state index in [4.69, 9.17) is 4.74 Å². The molecule has 2 heteroatoms. The van der Waals surface area contributed by atoms with Crippen LogP contribution in [0.5, 0.6) is 5.75 Å². The minimum Gasteiger partial charge on any atom is -0.497 e. The summed E-state index contributed by atoms with van der Waals surface area (Å²) in [5.74, 6) is 0.849. The van der Waals surface area contributed by atoms with Crippen LogP contribution in [0.25, 0.3) is 39.3 Å². The molecule has 156 valence electrons.